The standard InChI is InChI=1S/C10H10ClFN2O/c11-5-2-1-3-6(12)9(5)10-7(13)4-8(15)14-10/h1-3,7,10H,4,13H2,(H,14,15). The maximum Gasteiger partial charge on any atom is 0.222 e. The number of halogens is 2. The van der Waals surface area contributed by atoms with Gasteiger partial charge in [-0.1, -0.05) is 17.7 Å². The van der Waals surface area contributed by atoms with Crippen molar-refractivity contribution in [2.24, 2.45) is 5.73 Å². The lowest BCUT2D eigenvalue weighted by Crippen LogP contribution is -2.29. The number of carbonyl (C=O) groups excluding carboxylic acids is 1. The van der Waals surface area contributed by atoms with Crippen LogP contribution in [0.2, 0.25) is 5.02 Å². The normalized spacial score (nSPS) is 25.4. The summed E-state index contributed by atoms with van der Waals surface area (Å²) in [5.41, 5.74) is 6.01. The van der Waals surface area contributed by atoms with Gasteiger partial charge in [0.1, 0.15) is 5.82 Å². The summed E-state index contributed by atoms with van der Waals surface area (Å²) in [5.74, 6) is -0.614. The lowest BCUT2D eigenvalue weighted by molar-refractivity contribution is -0.119. The van der Waals surface area contributed by atoms with Gasteiger partial charge in [0.25, 0.3) is 0 Å². The first-order valence-corrected chi connectivity index (χ1v) is 4.96. The van der Waals surface area contributed by atoms with Gasteiger partial charge in [0.15, 0.2) is 0 Å². The summed E-state index contributed by atoms with van der Waals surface area (Å²) < 4.78 is 13.5. The zero-order chi connectivity index (χ0) is 11.0. The van der Waals surface area contributed by atoms with Crippen LogP contribution in [-0.2, 0) is 4.79 Å². The second-order valence-corrected chi connectivity index (χ2v) is 3.96. The molecular formula is C10H10ClFN2O. The highest BCUT2D eigenvalue weighted by Gasteiger charge is 2.33. The second-order valence-electron chi connectivity index (χ2n) is 3.55. The van der Waals surface area contributed by atoms with Crippen LogP contribution in [0.1, 0.15) is 18.0 Å². The number of nitrogens with two attached hydrogens (primary N) is 1. The first-order chi connectivity index (χ1) is 7.09. The second kappa shape index (κ2) is 3.79. The van der Waals surface area contributed by atoms with Gasteiger partial charge in [-0.25, -0.2) is 4.39 Å². The predicted molar refractivity (Wildman–Crippen MR) is 54.9 cm³/mol. The maximum atomic E-state index is 13.5. The summed E-state index contributed by atoms with van der Waals surface area (Å²) in [6.45, 7) is 0. The highest BCUT2D eigenvalue weighted by molar-refractivity contribution is 6.31. The van der Waals surface area contributed by atoms with Crippen LogP contribution >= 0.6 is 11.6 Å². The van der Waals surface area contributed by atoms with Crippen molar-refractivity contribution in [1.82, 2.24) is 5.32 Å². The molecule has 1 fully saturated rings. The molecule has 0 saturated carbocycles. The molecule has 1 aromatic carbocycles. The third-order valence-corrected chi connectivity index (χ3v) is 2.81. The zero-order valence-electron chi connectivity index (χ0n) is 7.84. The van der Waals surface area contributed by atoms with Gasteiger partial charge in [-0.05, 0) is 12.1 Å². The Morgan fingerprint density at radius 3 is 2.80 bits per heavy atom. The average Bonchev–Trinajstić information content (AvgIpc) is 2.45. The first-order valence-electron chi connectivity index (χ1n) is 4.58. The number of amides is 1. The predicted octanol–water partition coefficient (Wildman–Crippen LogP) is 1.37. The molecule has 1 aliphatic rings. The fraction of sp³-hybridized carbons (Fsp3) is 0.300. The van der Waals surface area contributed by atoms with Crippen molar-refractivity contribution in [3.8, 4) is 0 Å². The van der Waals surface area contributed by atoms with Crippen LogP contribution in [0.25, 0.3) is 0 Å². The number of rotatable bonds is 1. The molecule has 0 bridgehead atoms. The van der Waals surface area contributed by atoms with Crippen molar-refractivity contribution in [2.45, 2.75) is 18.5 Å². The Morgan fingerprint density at radius 1 is 1.53 bits per heavy atom. The molecule has 0 aromatic heterocycles. The first kappa shape index (κ1) is 10.4. The van der Waals surface area contributed by atoms with Crippen molar-refractivity contribution < 1.29 is 9.18 Å². The average molecular weight is 229 g/mol. The zero-order valence-corrected chi connectivity index (χ0v) is 8.59. The van der Waals surface area contributed by atoms with Gasteiger partial charge in [0, 0.05) is 23.0 Å². The van der Waals surface area contributed by atoms with E-state index in [0.29, 0.717) is 0 Å². The van der Waals surface area contributed by atoms with Gasteiger partial charge in [-0.15, -0.1) is 0 Å². The lowest BCUT2D eigenvalue weighted by Gasteiger charge is -2.17. The summed E-state index contributed by atoms with van der Waals surface area (Å²) in [4.78, 5) is 11.1. The fourth-order valence-electron chi connectivity index (χ4n) is 1.77. The number of hydrogen-bond donors (Lipinski definition) is 2. The van der Waals surface area contributed by atoms with E-state index in [9.17, 15) is 9.18 Å². The molecule has 1 amide bonds. The minimum atomic E-state index is -0.522. The Balaban J connectivity index is 2.41. The SMILES string of the molecule is NC1CC(=O)NC1c1c(F)cccc1Cl. The Bertz CT molecular complexity index is 390. The van der Waals surface area contributed by atoms with Gasteiger partial charge >= 0.3 is 0 Å². The van der Waals surface area contributed by atoms with Gasteiger partial charge in [-0.2, -0.15) is 0 Å². The molecule has 2 unspecified atom stereocenters. The van der Waals surface area contributed by atoms with Crippen LogP contribution in [0.4, 0.5) is 4.39 Å². The Morgan fingerprint density at radius 2 is 2.27 bits per heavy atom. The molecule has 3 nitrogen and oxygen atoms in total. The quantitative estimate of drug-likeness (QED) is 0.763. The Kier molecular flexibility index (Phi) is 2.63. The molecule has 0 aliphatic carbocycles. The largest absolute Gasteiger partial charge is 0.347 e. The molecular weight excluding hydrogens is 219 g/mol. The van der Waals surface area contributed by atoms with Gasteiger partial charge in [0.05, 0.1) is 6.04 Å². The van der Waals surface area contributed by atoms with Gasteiger partial charge in [-0.3, -0.25) is 4.79 Å². The molecule has 0 radical (unpaired) electrons. The minimum Gasteiger partial charge on any atom is -0.347 e. The number of benzene rings is 1. The van der Waals surface area contributed by atoms with Gasteiger partial charge < -0.3 is 11.1 Å². The maximum absolute atomic E-state index is 13.5. The molecule has 80 valence electrons. The summed E-state index contributed by atoms with van der Waals surface area (Å²) in [6, 6.07) is 3.46. The van der Waals surface area contributed by atoms with E-state index < -0.39 is 17.9 Å². The van der Waals surface area contributed by atoms with Crippen LogP contribution in [0.15, 0.2) is 18.2 Å². The summed E-state index contributed by atoms with van der Waals surface area (Å²) in [5, 5.41) is 2.90. The van der Waals surface area contributed by atoms with Crippen molar-refractivity contribution in [1.29, 1.82) is 0 Å². The van der Waals surface area contributed by atoms with E-state index in [1.54, 1.807) is 6.07 Å². The van der Waals surface area contributed by atoms with Crippen molar-refractivity contribution >= 4 is 17.5 Å². The number of hydrogen-bond acceptors (Lipinski definition) is 2. The van der Waals surface area contributed by atoms with Crippen LogP contribution in [-0.4, -0.2) is 11.9 Å². The molecule has 2 rings (SSSR count). The molecule has 1 aliphatic heterocycles. The molecule has 1 heterocycles. The van der Waals surface area contributed by atoms with Crippen LogP contribution in [0.5, 0.6) is 0 Å². The third kappa shape index (κ3) is 1.82. The van der Waals surface area contributed by atoms with E-state index in [2.05, 4.69) is 5.32 Å². The van der Waals surface area contributed by atoms with E-state index in [-0.39, 0.29) is 22.9 Å². The monoisotopic (exact) mass is 228 g/mol. The molecule has 1 saturated heterocycles. The highest BCUT2D eigenvalue weighted by atomic mass is 35.5. The summed E-state index contributed by atoms with van der Waals surface area (Å²) >= 11 is 5.88. The lowest BCUT2D eigenvalue weighted by atomic mass is 10.0. The topological polar surface area (TPSA) is 55.1 Å². The number of nitrogens with one attached hydrogen (secondary N) is 1. The third-order valence-electron chi connectivity index (χ3n) is 2.48. The van der Waals surface area contributed by atoms with E-state index >= 15 is 0 Å². The molecule has 3 N–H and O–H groups in total. The van der Waals surface area contributed by atoms with Crippen LogP contribution in [0, 0.1) is 5.82 Å². The molecule has 5 heteroatoms. The molecule has 15 heavy (non-hydrogen) atoms. The fourth-order valence-corrected chi connectivity index (χ4v) is 2.05. The Hall–Kier alpha value is -1.13. The number of carbonyl (C=O) groups is 1. The summed E-state index contributed by atoms with van der Waals surface area (Å²) in [6.07, 6.45) is 0.204. The highest BCUT2D eigenvalue weighted by Crippen LogP contribution is 2.30. The van der Waals surface area contributed by atoms with Gasteiger partial charge in [0.2, 0.25) is 5.91 Å². The van der Waals surface area contributed by atoms with E-state index in [1.807, 2.05) is 0 Å². The minimum absolute atomic E-state index is 0.174. The molecule has 2 atom stereocenters. The molecule has 1 aromatic rings. The molecule has 0 spiro atoms. The van der Waals surface area contributed by atoms with E-state index in [1.165, 1.54) is 12.1 Å². The van der Waals surface area contributed by atoms with Crippen molar-refractivity contribution in [3.05, 3.63) is 34.6 Å². The van der Waals surface area contributed by atoms with E-state index in [0.717, 1.165) is 0 Å². The van der Waals surface area contributed by atoms with E-state index in [4.69, 9.17) is 17.3 Å². The smallest absolute Gasteiger partial charge is 0.222 e. The summed E-state index contributed by atoms with van der Waals surface area (Å²) in [7, 11) is 0. The Labute approximate surface area is 91.4 Å². The van der Waals surface area contributed by atoms with Crippen molar-refractivity contribution in [3.63, 3.8) is 0 Å². The van der Waals surface area contributed by atoms with Crippen LogP contribution in [0.3, 0.4) is 0 Å². The van der Waals surface area contributed by atoms with Crippen LogP contribution < -0.4 is 11.1 Å². The van der Waals surface area contributed by atoms with Crippen molar-refractivity contribution in [2.75, 3.05) is 0 Å².